The van der Waals surface area contributed by atoms with Crippen LogP contribution in [0.1, 0.15) is 154 Å². The molecular weight excluding hydrogens is 456 g/mol. The van der Waals surface area contributed by atoms with Crippen molar-refractivity contribution >= 4 is 0 Å². The molecule has 4 rings (SSSR count). The number of hydrogen-bond donors (Lipinski definition) is 0. The summed E-state index contributed by atoms with van der Waals surface area (Å²) in [5.41, 5.74) is 1.36. The first-order valence-electron chi connectivity index (χ1n) is 17.8. The van der Waals surface area contributed by atoms with Gasteiger partial charge in [-0.3, -0.25) is 0 Å². The molecule has 0 aromatic rings. The molecule has 38 heavy (non-hydrogen) atoms. The second-order valence-electron chi connectivity index (χ2n) is 17.1. The summed E-state index contributed by atoms with van der Waals surface area (Å²) in [5.74, 6) is 10.5. The summed E-state index contributed by atoms with van der Waals surface area (Å²) in [4.78, 5) is 0. The highest BCUT2D eigenvalue weighted by atomic mass is 14.8. The third kappa shape index (κ3) is 4.41. The van der Waals surface area contributed by atoms with Crippen molar-refractivity contribution in [2.45, 2.75) is 154 Å². The number of unbranched alkanes of at least 4 members (excludes halogenated alkanes) is 5. The summed E-state index contributed by atoms with van der Waals surface area (Å²) in [6, 6.07) is 0. The average Bonchev–Trinajstić information content (AvgIpc) is 2.84. The number of hydrogen-bond acceptors (Lipinski definition) is 0. The van der Waals surface area contributed by atoms with Crippen LogP contribution in [0.2, 0.25) is 0 Å². The van der Waals surface area contributed by atoms with Crippen LogP contribution in [0.25, 0.3) is 0 Å². The monoisotopic (exact) mass is 527 g/mol. The molecule has 0 nitrogen and oxygen atoms in total. The van der Waals surface area contributed by atoms with E-state index < -0.39 is 0 Å². The van der Waals surface area contributed by atoms with E-state index in [2.05, 4.69) is 83.1 Å². The van der Waals surface area contributed by atoms with Crippen LogP contribution in [-0.2, 0) is 0 Å². The molecule has 0 N–H and O–H groups in total. The standard InChI is InChI=1S/C38H70/c1-13-14-15-16-17-18-22-32-31-21-19-20-25(4)34(31)27(6)35-29(8)38(12)28(7)33(24(2)3)26(5)23-36(38,10)30(9)37(32,35)11/h24-35H,13-23H2,1-12H3. The molecule has 0 aromatic heterocycles. The van der Waals surface area contributed by atoms with Gasteiger partial charge < -0.3 is 0 Å². The van der Waals surface area contributed by atoms with Gasteiger partial charge in [0.15, 0.2) is 0 Å². The molecule has 14 atom stereocenters. The Labute approximate surface area is 240 Å². The molecule has 4 aliphatic carbocycles. The maximum Gasteiger partial charge on any atom is -0.0212 e. The molecule has 14 unspecified atom stereocenters. The predicted molar refractivity (Wildman–Crippen MR) is 168 cm³/mol. The molecule has 0 radical (unpaired) electrons. The van der Waals surface area contributed by atoms with Gasteiger partial charge in [-0.1, -0.05) is 134 Å². The van der Waals surface area contributed by atoms with Gasteiger partial charge in [-0.05, 0) is 107 Å². The van der Waals surface area contributed by atoms with Gasteiger partial charge >= 0.3 is 0 Å². The van der Waals surface area contributed by atoms with E-state index in [1.807, 2.05) is 0 Å². The zero-order valence-corrected chi connectivity index (χ0v) is 28.2. The van der Waals surface area contributed by atoms with E-state index in [4.69, 9.17) is 0 Å². The van der Waals surface area contributed by atoms with Gasteiger partial charge in [0.2, 0.25) is 0 Å². The minimum atomic E-state index is 0.432. The minimum Gasteiger partial charge on any atom is -0.0654 e. The van der Waals surface area contributed by atoms with Crippen molar-refractivity contribution in [1.82, 2.24) is 0 Å². The SMILES string of the molecule is CCCCCCCCC1C2CCCC(C)C2C(C)C2C(C)C3(C)C(C)C(C(C)C)C(C)CC3(C)C(C)C12C. The second-order valence-corrected chi connectivity index (χ2v) is 17.1. The maximum atomic E-state index is 2.88. The number of fused-ring (bicyclic) bond motifs is 3. The maximum absolute atomic E-state index is 2.88. The van der Waals surface area contributed by atoms with Gasteiger partial charge in [0, 0.05) is 0 Å². The van der Waals surface area contributed by atoms with Gasteiger partial charge in [0.1, 0.15) is 0 Å². The topological polar surface area (TPSA) is 0 Å². The van der Waals surface area contributed by atoms with Gasteiger partial charge in [-0.25, -0.2) is 0 Å². The zero-order chi connectivity index (χ0) is 28.2. The Bertz CT molecular complexity index is 781. The van der Waals surface area contributed by atoms with E-state index in [-0.39, 0.29) is 0 Å². The molecule has 4 saturated carbocycles. The largest absolute Gasteiger partial charge is 0.0654 e. The lowest BCUT2D eigenvalue weighted by molar-refractivity contribution is -0.293. The summed E-state index contributed by atoms with van der Waals surface area (Å²) in [5, 5.41) is 0. The molecule has 0 heterocycles. The van der Waals surface area contributed by atoms with Crippen molar-refractivity contribution in [1.29, 1.82) is 0 Å². The first kappa shape index (κ1) is 30.9. The van der Waals surface area contributed by atoms with Crippen LogP contribution in [0.3, 0.4) is 0 Å². The van der Waals surface area contributed by atoms with E-state index in [1.54, 1.807) is 0 Å². The van der Waals surface area contributed by atoms with Crippen LogP contribution in [0.5, 0.6) is 0 Å². The Hall–Kier alpha value is 0. The molecular formula is C38H70. The van der Waals surface area contributed by atoms with E-state index in [0.29, 0.717) is 16.2 Å². The van der Waals surface area contributed by atoms with Crippen LogP contribution in [0.4, 0.5) is 0 Å². The highest BCUT2D eigenvalue weighted by Gasteiger charge is 2.72. The fraction of sp³-hybridized carbons (Fsp3) is 1.00. The van der Waals surface area contributed by atoms with Gasteiger partial charge in [0.05, 0.1) is 0 Å². The lowest BCUT2D eigenvalue weighted by Gasteiger charge is -2.77. The van der Waals surface area contributed by atoms with E-state index in [0.717, 1.165) is 71.0 Å². The highest BCUT2D eigenvalue weighted by Crippen LogP contribution is 2.78. The third-order valence-electron chi connectivity index (χ3n) is 15.7. The van der Waals surface area contributed by atoms with Crippen molar-refractivity contribution in [3.8, 4) is 0 Å². The third-order valence-corrected chi connectivity index (χ3v) is 15.7. The lowest BCUT2D eigenvalue weighted by atomic mass is 9.28. The Kier molecular flexibility index (Phi) is 9.24. The molecule has 0 bridgehead atoms. The van der Waals surface area contributed by atoms with E-state index in [9.17, 15) is 0 Å². The fourth-order valence-electron chi connectivity index (χ4n) is 14.0. The molecule has 0 spiro atoms. The molecule has 0 heteroatoms. The predicted octanol–water partition coefficient (Wildman–Crippen LogP) is 11.9. The van der Waals surface area contributed by atoms with Crippen molar-refractivity contribution in [2.75, 3.05) is 0 Å². The van der Waals surface area contributed by atoms with Crippen LogP contribution in [0.15, 0.2) is 0 Å². The van der Waals surface area contributed by atoms with Crippen LogP contribution in [-0.4, -0.2) is 0 Å². The van der Waals surface area contributed by atoms with Crippen LogP contribution in [0, 0.1) is 87.3 Å². The normalized spacial score (nSPS) is 52.8. The molecule has 0 aromatic carbocycles. The minimum absolute atomic E-state index is 0.432. The van der Waals surface area contributed by atoms with Crippen molar-refractivity contribution < 1.29 is 0 Å². The van der Waals surface area contributed by atoms with Crippen LogP contribution >= 0.6 is 0 Å². The first-order chi connectivity index (χ1) is 17.8. The van der Waals surface area contributed by atoms with Gasteiger partial charge in [-0.15, -0.1) is 0 Å². The molecule has 0 saturated heterocycles. The van der Waals surface area contributed by atoms with Gasteiger partial charge in [-0.2, -0.15) is 0 Å². The van der Waals surface area contributed by atoms with Gasteiger partial charge in [0.25, 0.3) is 0 Å². The Morgan fingerprint density at radius 2 is 1.39 bits per heavy atom. The molecule has 0 amide bonds. The zero-order valence-electron chi connectivity index (χ0n) is 28.2. The molecule has 0 aliphatic heterocycles. The smallest absolute Gasteiger partial charge is 0.0212 e. The van der Waals surface area contributed by atoms with E-state index >= 15 is 0 Å². The summed E-state index contributed by atoms with van der Waals surface area (Å²) in [6.45, 7) is 32.2. The molecule has 4 fully saturated rings. The second kappa shape index (κ2) is 11.3. The average molecular weight is 527 g/mol. The lowest BCUT2D eigenvalue weighted by Crippen LogP contribution is -2.72. The first-order valence-corrected chi connectivity index (χ1v) is 17.8. The summed E-state index contributed by atoms with van der Waals surface area (Å²) in [6.07, 6.45) is 16.2. The summed E-state index contributed by atoms with van der Waals surface area (Å²) >= 11 is 0. The van der Waals surface area contributed by atoms with Crippen LogP contribution < -0.4 is 0 Å². The number of rotatable bonds is 8. The Balaban J connectivity index is 1.76. The molecule has 222 valence electrons. The van der Waals surface area contributed by atoms with Crippen molar-refractivity contribution in [3.05, 3.63) is 0 Å². The van der Waals surface area contributed by atoms with E-state index in [1.165, 1.54) is 70.6 Å². The highest BCUT2D eigenvalue weighted by molar-refractivity contribution is 5.20. The quantitative estimate of drug-likeness (QED) is 0.276. The Morgan fingerprint density at radius 3 is 2.03 bits per heavy atom. The Morgan fingerprint density at radius 1 is 0.763 bits per heavy atom. The molecule has 4 aliphatic rings. The van der Waals surface area contributed by atoms with Crippen molar-refractivity contribution in [3.63, 3.8) is 0 Å². The summed E-state index contributed by atoms with van der Waals surface area (Å²) in [7, 11) is 0. The fourth-order valence-corrected chi connectivity index (χ4v) is 14.0. The summed E-state index contributed by atoms with van der Waals surface area (Å²) < 4.78 is 0. The van der Waals surface area contributed by atoms with Crippen molar-refractivity contribution in [2.24, 2.45) is 87.3 Å².